The zero-order valence-corrected chi connectivity index (χ0v) is 10.9. The molecular formula is C6H6I2N2S. The summed E-state index contributed by atoms with van der Waals surface area (Å²) in [5.74, 6) is 0. The third kappa shape index (κ3) is 1.24. The van der Waals surface area contributed by atoms with Gasteiger partial charge in [-0.1, -0.05) is 22.6 Å². The van der Waals surface area contributed by atoms with E-state index in [9.17, 15) is 0 Å². The van der Waals surface area contributed by atoms with E-state index in [4.69, 9.17) is 0 Å². The van der Waals surface area contributed by atoms with Crippen molar-refractivity contribution in [3.05, 3.63) is 16.6 Å². The number of hydrogen-bond donors (Lipinski definition) is 0. The first-order chi connectivity index (χ1) is 5.22. The van der Waals surface area contributed by atoms with Gasteiger partial charge in [-0.2, -0.15) is 4.37 Å². The van der Waals surface area contributed by atoms with Crippen molar-refractivity contribution in [3.8, 4) is 0 Å². The van der Waals surface area contributed by atoms with Crippen LogP contribution < -0.4 is 0 Å². The van der Waals surface area contributed by atoms with Gasteiger partial charge in [-0.05, 0) is 18.5 Å². The zero-order chi connectivity index (χ0) is 8.01. The second-order valence-electron chi connectivity index (χ2n) is 2.51. The first-order valence-corrected chi connectivity index (χ1v) is 6.29. The second kappa shape index (κ2) is 3.08. The van der Waals surface area contributed by atoms with Crippen LogP contribution in [0.5, 0.6) is 0 Å². The Balaban J connectivity index is 2.48. The number of halogens is 2. The summed E-state index contributed by atoms with van der Waals surface area (Å²) in [6.45, 7) is 2.22. The van der Waals surface area contributed by atoms with Crippen molar-refractivity contribution in [2.45, 2.75) is 17.0 Å². The molecule has 11 heavy (non-hydrogen) atoms. The van der Waals surface area contributed by atoms with Crippen molar-refractivity contribution in [2.75, 3.05) is 0 Å². The lowest BCUT2D eigenvalue weighted by atomic mass is 10.2. The van der Waals surface area contributed by atoms with Crippen molar-refractivity contribution in [1.82, 2.24) is 7.49 Å². The smallest absolute Gasteiger partial charge is 0.115 e. The van der Waals surface area contributed by atoms with Crippen LogP contribution in [-0.2, 0) is 0 Å². The molecule has 1 aromatic rings. The van der Waals surface area contributed by atoms with E-state index in [0.717, 1.165) is 0 Å². The predicted molar refractivity (Wildman–Crippen MR) is 63.1 cm³/mol. The van der Waals surface area contributed by atoms with Crippen LogP contribution in [0.3, 0.4) is 0 Å². The summed E-state index contributed by atoms with van der Waals surface area (Å²) in [4.78, 5) is 0. The van der Waals surface area contributed by atoms with E-state index in [2.05, 4.69) is 65.2 Å². The molecule has 0 spiro atoms. The van der Waals surface area contributed by atoms with Crippen LogP contribution in [0.4, 0.5) is 0 Å². The summed E-state index contributed by atoms with van der Waals surface area (Å²) in [6, 6.07) is 0.534. The molecule has 60 valence electrons. The normalized spacial score (nSPS) is 30.8. The molecule has 1 aromatic heterocycles. The molecule has 2 unspecified atom stereocenters. The van der Waals surface area contributed by atoms with Gasteiger partial charge in [0.2, 0.25) is 0 Å². The molecule has 0 bridgehead atoms. The highest BCUT2D eigenvalue weighted by Crippen LogP contribution is 2.47. The Morgan fingerprint density at radius 2 is 2.45 bits per heavy atom. The van der Waals surface area contributed by atoms with Crippen molar-refractivity contribution in [1.29, 1.82) is 0 Å². The minimum atomic E-state index is 0.462. The zero-order valence-electron chi connectivity index (χ0n) is 5.79. The molecule has 1 aliphatic rings. The van der Waals surface area contributed by atoms with Gasteiger partial charge in [-0.15, -0.1) is 0 Å². The van der Waals surface area contributed by atoms with Crippen LogP contribution in [0.2, 0.25) is 0 Å². The van der Waals surface area contributed by atoms with Crippen LogP contribution in [0.25, 0.3) is 0 Å². The topological polar surface area (TPSA) is 16.1 Å². The van der Waals surface area contributed by atoms with E-state index in [-0.39, 0.29) is 0 Å². The standard InChI is InChI=1S/C6H6I2N2S/c1-3-4-2-11-9-5(4)6(7)10(3)8/h2-3,6H,1H3. The van der Waals surface area contributed by atoms with Gasteiger partial charge in [0.25, 0.3) is 0 Å². The molecular weight excluding hydrogens is 386 g/mol. The van der Waals surface area contributed by atoms with Crippen LogP contribution in [-0.4, -0.2) is 7.49 Å². The van der Waals surface area contributed by atoms with Gasteiger partial charge in [0.05, 0.1) is 5.69 Å². The summed E-state index contributed by atoms with van der Waals surface area (Å²) in [5.41, 5.74) is 2.67. The molecule has 0 saturated carbocycles. The van der Waals surface area contributed by atoms with Crippen LogP contribution >= 0.6 is 57.0 Å². The van der Waals surface area contributed by atoms with Crippen LogP contribution in [0.1, 0.15) is 28.3 Å². The first-order valence-electron chi connectivity index (χ1n) is 3.24. The molecule has 0 aliphatic carbocycles. The summed E-state index contributed by atoms with van der Waals surface area (Å²) in [5, 5.41) is 2.16. The lowest BCUT2D eigenvalue weighted by Gasteiger charge is -2.15. The van der Waals surface area contributed by atoms with Crippen molar-refractivity contribution < 1.29 is 0 Å². The molecule has 2 rings (SSSR count). The molecule has 0 saturated heterocycles. The molecule has 0 fully saturated rings. The van der Waals surface area contributed by atoms with E-state index in [0.29, 0.717) is 10.1 Å². The van der Waals surface area contributed by atoms with E-state index < -0.39 is 0 Å². The maximum absolute atomic E-state index is 4.37. The van der Waals surface area contributed by atoms with Gasteiger partial charge in [0.1, 0.15) is 4.05 Å². The Morgan fingerprint density at radius 3 is 3.09 bits per heavy atom. The molecule has 0 radical (unpaired) electrons. The average Bonchev–Trinajstić information content (AvgIpc) is 2.53. The third-order valence-electron chi connectivity index (χ3n) is 1.89. The van der Waals surface area contributed by atoms with Crippen molar-refractivity contribution in [2.24, 2.45) is 0 Å². The maximum atomic E-state index is 4.37. The van der Waals surface area contributed by atoms with Gasteiger partial charge < -0.3 is 0 Å². The van der Waals surface area contributed by atoms with E-state index in [1.54, 1.807) is 11.5 Å². The molecule has 0 N–H and O–H groups in total. The Bertz CT molecular complexity index is 251. The fourth-order valence-corrected chi connectivity index (χ4v) is 3.73. The quantitative estimate of drug-likeness (QED) is 0.292. The fourth-order valence-electron chi connectivity index (χ4n) is 1.19. The predicted octanol–water partition coefficient (Wildman–Crippen LogP) is 3.30. The number of fused-ring (bicyclic) bond motifs is 1. The summed E-state index contributed by atoms with van der Waals surface area (Å²) < 4.78 is 7.14. The summed E-state index contributed by atoms with van der Waals surface area (Å²) in [6.07, 6.45) is 0. The molecule has 0 aromatic carbocycles. The number of nitrogens with zero attached hydrogens (tertiary/aromatic N) is 2. The summed E-state index contributed by atoms with van der Waals surface area (Å²) >= 11 is 6.36. The Hall–Kier alpha value is 1.05. The monoisotopic (exact) mass is 392 g/mol. The molecule has 5 heteroatoms. The first kappa shape index (κ1) is 8.64. The maximum Gasteiger partial charge on any atom is 0.115 e. The van der Waals surface area contributed by atoms with Crippen LogP contribution in [0, 0.1) is 0 Å². The Labute approximate surface area is 97.2 Å². The highest BCUT2D eigenvalue weighted by atomic mass is 127. The largest absolute Gasteiger partial charge is 0.222 e. The Morgan fingerprint density at radius 1 is 1.73 bits per heavy atom. The molecule has 0 amide bonds. The highest BCUT2D eigenvalue weighted by molar-refractivity contribution is 14.1. The number of hydrogen-bond acceptors (Lipinski definition) is 3. The van der Waals surface area contributed by atoms with Gasteiger partial charge >= 0.3 is 0 Å². The van der Waals surface area contributed by atoms with E-state index in [1.165, 1.54) is 11.3 Å². The average molecular weight is 392 g/mol. The number of rotatable bonds is 0. The minimum Gasteiger partial charge on any atom is -0.222 e. The lowest BCUT2D eigenvalue weighted by Crippen LogP contribution is -2.07. The fraction of sp³-hybridized carbons (Fsp3) is 0.500. The third-order valence-corrected chi connectivity index (χ3v) is 6.20. The summed E-state index contributed by atoms with van der Waals surface area (Å²) in [7, 11) is 0. The minimum absolute atomic E-state index is 0.462. The van der Waals surface area contributed by atoms with Gasteiger partial charge in [-0.25, -0.2) is 3.11 Å². The molecule has 2 nitrogen and oxygen atoms in total. The molecule has 2 atom stereocenters. The number of alkyl halides is 1. The number of aromatic nitrogens is 1. The molecule has 1 aliphatic heterocycles. The highest BCUT2D eigenvalue weighted by Gasteiger charge is 2.34. The van der Waals surface area contributed by atoms with Crippen LogP contribution in [0.15, 0.2) is 5.38 Å². The van der Waals surface area contributed by atoms with E-state index >= 15 is 0 Å². The SMILES string of the molecule is CC1c2csnc2C(I)N1I. The Kier molecular flexibility index (Phi) is 2.42. The van der Waals surface area contributed by atoms with Gasteiger partial charge in [0, 0.05) is 39.8 Å². The second-order valence-corrected chi connectivity index (χ2v) is 5.43. The van der Waals surface area contributed by atoms with Crippen molar-refractivity contribution >= 4 is 57.0 Å². The van der Waals surface area contributed by atoms with Crippen molar-refractivity contribution in [3.63, 3.8) is 0 Å². The van der Waals surface area contributed by atoms with E-state index in [1.807, 2.05) is 0 Å². The van der Waals surface area contributed by atoms with Gasteiger partial charge in [-0.3, -0.25) is 0 Å². The van der Waals surface area contributed by atoms with Gasteiger partial charge in [0.15, 0.2) is 0 Å². The molecule has 2 heterocycles. The lowest BCUT2D eigenvalue weighted by molar-refractivity contribution is 0.459.